The number of anilines is 1. The number of hydrogen-bond donors (Lipinski definition) is 1. The monoisotopic (exact) mass is 456 g/mol. The molecule has 0 saturated heterocycles. The number of aryl methyl sites for hydroxylation is 1. The highest BCUT2D eigenvalue weighted by Crippen LogP contribution is 2.39. The van der Waals surface area contributed by atoms with Crippen LogP contribution < -0.4 is 10.2 Å². The minimum absolute atomic E-state index is 0.232. The molecule has 3 aromatic carbocycles. The van der Waals surface area contributed by atoms with Gasteiger partial charge in [0.05, 0.1) is 17.3 Å². The number of rotatable bonds is 4. The molecule has 164 valence electrons. The number of amides is 2. The number of carbonyl (C=O) groups excluding carboxylic acids is 1. The number of hydrogen-bond acceptors (Lipinski definition) is 4. The Morgan fingerprint density at radius 1 is 0.970 bits per heavy atom. The fraction of sp³-hybridized carbons (Fsp3) is 0.115. The molecule has 2 heterocycles. The maximum Gasteiger partial charge on any atom is 0.326 e. The molecule has 0 spiro atoms. The molecule has 1 aliphatic rings. The summed E-state index contributed by atoms with van der Waals surface area (Å²) >= 11 is 6.10. The molecule has 1 atom stereocenters. The Morgan fingerprint density at radius 3 is 2.45 bits per heavy atom. The number of halogens is 1. The van der Waals surface area contributed by atoms with Crippen LogP contribution in [-0.4, -0.2) is 16.2 Å². The van der Waals surface area contributed by atoms with Crippen molar-refractivity contribution in [3.63, 3.8) is 0 Å². The van der Waals surface area contributed by atoms with Gasteiger partial charge in [-0.2, -0.15) is 4.98 Å². The summed E-state index contributed by atoms with van der Waals surface area (Å²) in [7, 11) is 0. The third-order valence-corrected chi connectivity index (χ3v) is 5.89. The topological polar surface area (TPSA) is 71.3 Å². The summed E-state index contributed by atoms with van der Waals surface area (Å²) in [4.78, 5) is 19.6. The van der Waals surface area contributed by atoms with Crippen LogP contribution in [0.4, 0.5) is 10.5 Å². The zero-order chi connectivity index (χ0) is 22.9. The second-order valence-electron chi connectivity index (χ2n) is 7.90. The highest BCUT2D eigenvalue weighted by atomic mass is 35.5. The van der Waals surface area contributed by atoms with Crippen LogP contribution in [-0.2, 0) is 0 Å². The summed E-state index contributed by atoms with van der Waals surface area (Å²) < 4.78 is 5.72. The summed E-state index contributed by atoms with van der Waals surface area (Å²) in [6.45, 7) is 3.89. The van der Waals surface area contributed by atoms with Crippen molar-refractivity contribution in [3.8, 4) is 11.4 Å². The van der Waals surface area contributed by atoms with Crippen molar-refractivity contribution in [1.29, 1.82) is 0 Å². The van der Waals surface area contributed by atoms with Gasteiger partial charge in [-0.3, -0.25) is 4.90 Å². The quantitative estimate of drug-likeness (QED) is 0.385. The molecule has 0 bridgehead atoms. The molecular weight excluding hydrogens is 436 g/mol. The molecular formula is C26H21ClN4O2. The molecule has 1 unspecified atom stereocenters. The van der Waals surface area contributed by atoms with E-state index in [9.17, 15) is 4.79 Å². The summed E-state index contributed by atoms with van der Waals surface area (Å²) in [5.41, 5.74) is 4.98. The van der Waals surface area contributed by atoms with Crippen LogP contribution in [0.2, 0.25) is 5.02 Å². The molecule has 5 rings (SSSR count). The molecule has 1 aliphatic heterocycles. The van der Waals surface area contributed by atoms with Gasteiger partial charge in [0.1, 0.15) is 0 Å². The van der Waals surface area contributed by atoms with Gasteiger partial charge < -0.3 is 9.84 Å². The lowest BCUT2D eigenvalue weighted by Gasteiger charge is -2.35. The number of urea groups is 1. The van der Waals surface area contributed by atoms with E-state index in [0.717, 1.165) is 28.0 Å². The van der Waals surface area contributed by atoms with E-state index in [4.69, 9.17) is 16.1 Å². The summed E-state index contributed by atoms with van der Waals surface area (Å²) in [5.74, 6) is 0.837. The highest BCUT2D eigenvalue weighted by Gasteiger charge is 2.36. The number of nitrogens with zero attached hydrogens (tertiary/aromatic N) is 3. The minimum atomic E-state index is -0.472. The van der Waals surface area contributed by atoms with E-state index in [0.29, 0.717) is 22.4 Å². The van der Waals surface area contributed by atoms with Crippen LogP contribution in [0.25, 0.3) is 17.0 Å². The Balaban J connectivity index is 1.66. The van der Waals surface area contributed by atoms with Crippen LogP contribution in [0.3, 0.4) is 0 Å². The van der Waals surface area contributed by atoms with Crippen LogP contribution in [0.15, 0.2) is 89.1 Å². The summed E-state index contributed by atoms with van der Waals surface area (Å²) in [5, 5.41) is 7.92. The molecule has 0 aliphatic carbocycles. The standard InChI is InChI=1S/C26H21ClN4O2/c1-16-7-6-10-21(15-16)31-17(2)22(23(28-26(31)32)18-11-13-20(27)14-12-18)25-29-24(30-33-25)19-8-4-3-5-9-19/h3-15,23H,1-2H3,(H,28,32). The van der Waals surface area contributed by atoms with Crippen molar-refractivity contribution < 1.29 is 9.32 Å². The normalized spacial score (nSPS) is 16.2. The zero-order valence-corrected chi connectivity index (χ0v) is 18.9. The molecule has 0 fully saturated rings. The maximum atomic E-state index is 13.3. The summed E-state index contributed by atoms with van der Waals surface area (Å²) in [6.07, 6.45) is 0. The largest absolute Gasteiger partial charge is 0.334 e. The van der Waals surface area contributed by atoms with Gasteiger partial charge in [0, 0.05) is 16.3 Å². The van der Waals surface area contributed by atoms with E-state index in [1.54, 1.807) is 17.0 Å². The third-order valence-electron chi connectivity index (χ3n) is 5.64. The number of carbonyl (C=O) groups is 1. The van der Waals surface area contributed by atoms with E-state index >= 15 is 0 Å². The van der Waals surface area contributed by atoms with E-state index in [-0.39, 0.29) is 6.03 Å². The Kier molecular flexibility index (Phi) is 5.44. The van der Waals surface area contributed by atoms with Crippen LogP contribution in [0, 0.1) is 6.92 Å². The van der Waals surface area contributed by atoms with Crippen molar-refractivity contribution in [2.24, 2.45) is 0 Å². The lowest BCUT2D eigenvalue weighted by molar-refractivity contribution is 0.244. The predicted molar refractivity (Wildman–Crippen MR) is 129 cm³/mol. The second kappa shape index (κ2) is 8.56. The van der Waals surface area contributed by atoms with Gasteiger partial charge in [0.25, 0.3) is 5.89 Å². The average molecular weight is 457 g/mol. The van der Waals surface area contributed by atoms with Crippen molar-refractivity contribution in [2.75, 3.05) is 4.90 Å². The lowest BCUT2D eigenvalue weighted by atomic mass is 9.94. The van der Waals surface area contributed by atoms with Gasteiger partial charge in [-0.15, -0.1) is 0 Å². The Labute approximate surface area is 196 Å². The van der Waals surface area contributed by atoms with E-state index in [1.807, 2.05) is 80.6 Å². The zero-order valence-electron chi connectivity index (χ0n) is 18.1. The first kappa shape index (κ1) is 21.0. The maximum absolute atomic E-state index is 13.3. The molecule has 6 nitrogen and oxygen atoms in total. The molecule has 1 N–H and O–H groups in total. The third kappa shape index (κ3) is 4.01. The molecule has 7 heteroatoms. The second-order valence-corrected chi connectivity index (χ2v) is 8.33. The molecule has 0 saturated carbocycles. The summed E-state index contributed by atoms with van der Waals surface area (Å²) in [6, 6.07) is 24.1. The van der Waals surface area contributed by atoms with E-state index in [2.05, 4.69) is 15.5 Å². The number of aromatic nitrogens is 2. The van der Waals surface area contributed by atoms with Crippen LogP contribution in [0.1, 0.15) is 30.0 Å². The first-order valence-corrected chi connectivity index (χ1v) is 10.9. The Hall–Kier alpha value is -3.90. The van der Waals surface area contributed by atoms with E-state index in [1.165, 1.54) is 0 Å². The van der Waals surface area contributed by atoms with Crippen molar-refractivity contribution in [1.82, 2.24) is 15.5 Å². The minimum Gasteiger partial charge on any atom is -0.334 e. The number of benzene rings is 3. The Morgan fingerprint density at radius 2 is 1.73 bits per heavy atom. The van der Waals surface area contributed by atoms with Gasteiger partial charge in [-0.1, -0.05) is 71.4 Å². The molecule has 1 aromatic heterocycles. The van der Waals surface area contributed by atoms with Crippen LogP contribution >= 0.6 is 11.6 Å². The molecule has 33 heavy (non-hydrogen) atoms. The van der Waals surface area contributed by atoms with Crippen molar-refractivity contribution >= 4 is 28.9 Å². The van der Waals surface area contributed by atoms with Gasteiger partial charge in [0.15, 0.2) is 0 Å². The van der Waals surface area contributed by atoms with Crippen molar-refractivity contribution in [2.45, 2.75) is 19.9 Å². The molecule has 4 aromatic rings. The first-order chi connectivity index (χ1) is 16.0. The smallest absolute Gasteiger partial charge is 0.326 e. The van der Waals surface area contributed by atoms with E-state index < -0.39 is 6.04 Å². The molecule has 0 radical (unpaired) electrons. The fourth-order valence-corrected chi connectivity index (χ4v) is 4.17. The number of allylic oxidation sites excluding steroid dienone is 1. The SMILES string of the molecule is CC1=C(c2nc(-c3ccccc3)no2)C(c2ccc(Cl)cc2)NC(=O)N1c1cccc(C)c1. The van der Waals surface area contributed by atoms with Gasteiger partial charge in [-0.25, -0.2) is 4.79 Å². The lowest BCUT2D eigenvalue weighted by Crippen LogP contribution is -2.46. The fourth-order valence-electron chi connectivity index (χ4n) is 4.04. The van der Waals surface area contributed by atoms with Crippen LogP contribution in [0.5, 0.6) is 0 Å². The van der Waals surface area contributed by atoms with Gasteiger partial charge in [0.2, 0.25) is 5.82 Å². The highest BCUT2D eigenvalue weighted by molar-refractivity contribution is 6.30. The Bertz CT molecular complexity index is 1350. The van der Waals surface area contributed by atoms with Gasteiger partial charge >= 0.3 is 6.03 Å². The average Bonchev–Trinajstić information content (AvgIpc) is 3.30. The molecule has 2 amide bonds. The predicted octanol–water partition coefficient (Wildman–Crippen LogP) is 6.40. The first-order valence-electron chi connectivity index (χ1n) is 10.5. The van der Waals surface area contributed by atoms with Crippen molar-refractivity contribution in [3.05, 3.63) is 107 Å². The number of nitrogens with one attached hydrogen (secondary N) is 1. The van der Waals surface area contributed by atoms with Gasteiger partial charge in [-0.05, 0) is 49.2 Å².